The van der Waals surface area contributed by atoms with Crippen molar-refractivity contribution < 1.29 is 4.79 Å². The molecule has 4 unspecified atom stereocenters. The highest BCUT2D eigenvalue weighted by atomic mass is 16.1. The average molecular weight is 806 g/mol. The molecule has 6 nitrogen and oxygen atoms in total. The van der Waals surface area contributed by atoms with Gasteiger partial charge in [0.15, 0.2) is 0 Å². The molecule has 57 heavy (non-hydrogen) atoms. The highest BCUT2D eigenvalue weighted by molar-refractivity contribution is 5.78. The molecular formula is C51H107N5O. The van der Waals surface area contributed by atoms with Crippen molar-refractivity contribution in [2.24, 2.45) is 33.0 Å². The number of para-hydroxylation sites is 1. The minimum Gasteiger partial charge on any atom is -0.381 e. The topological polar surface area (TPSA) is 77.2 Å². The first-order chi connectivity index (χ1) is 23.9. The Morgan fingerprint density at radius 2 is 0.930 bits per heavy atom. The lowest BCUT2D eigenvalue weighted by Crippen LogP contribution is -2.43. The molecule has 0 aliphatic carbocycles. The van der Waals surface area contributed by atoms with Gasteiger partial charge in [0.1, 0.15) is 0 Å². The number of amides is 1. The van der Waals surface area contributed by atoms with E-state index < -0.39 is 0 Å². The maximum Gasteiger partial charge on any atom is 0.220 e. The van der Waals surface area contributed by atoms with E-state index in [-0.39, 0.29) is 48.5 Å². The molecule has 5 aliphatic heterocycles. The van der Waals surface area contributed by atoms with E-state index in [0.29, 0.717) is 40.2 Å². The fourth-order valence-corrected chi connectivity index (χ4v) is 7.79. The van der Waals surface area contributed by atoms with Crippen LogP contribution >= 0.6 is 0 Å². The molecule has 4 fully saturated rings. The second-order valence-corrected chi connectivity index (χ2v) is 21.7. The van der Waals surface area contributed by atoms with Gasteiger partial charge in [0.05, 0.1) is 0 Å². The monoisotopic (exact) mass is 806 g/mol. The van der Waals surface area contributed by atoms with Gasteiger partial charge in [-0.3, -0.25) is 4.79 Å². The lowest BCUT2D eigenvalue weighted by molar-refractivity contribution is -0.119. The van der Waals surface area contributed by atoms with Gasteiger partial charge >= 0.3 is 0 Å². The fourth-order valence-electron chi connectivity index (χ4n) is 7.79. The summed E-state index contributed by atoms with van der Waals surface area (Å²) in [6, 6.07) is 11.1. The summed E-state index contributed by atoms with van der Waals surface area (Å²) in [5.74, 6) is 1.15. The van der Waals surface area contributed by atoms with Crippen molar-refractivity contribution in [2.45, 2.75) is 229 Å². The maximum absolute atomic E-state index is 10.8. The van der Waals surface area contributed by atoms with Crippen LogP contribution in [-0.2, 0) is 11.2 Å². The lowest BCUT2D eigenvalue weighted by Gasteiger charge is -2.34. The second kappa shape index (κ2) is 27.3. The number of rotatable bonds is 0. The summed E-state index contributed by atoms with van der Waals surface area (Å²) in [4.78, 5) is 10.8. The van der Waals surface area contributed by atoms with Crippen molar-refractivity contribution in [1.29, 1.82) is 0 Å². The molecule has 5 N–H and O–H groups in total. The van der Waals surface area contributed by atoms with Crippen LogP contribution in [-0.4, -0.2) is 56.3 Å². The predicted octanol–water partition coefficient (Wildman–Crippen LogP) is 13.6. The molecule has 0 radical (unpaired) electrons. The maximum atomic E-state index is 10.8. The Bertz CT molecular complexity index is 1090. The molecular weight excluding hydrogens is 699 g/mol. The summed E-state index contributed by atoms with van der Waals surface area (Å²) < 4.78 is 0. The largest absolute Gasteiger partial charge is 0.381 e. The van der Waals surface area contributed by atoms with E-state index in [9.17, 15) is 4.79 Å². The molecule has 6 rings (SSSR count). The van der Waals surface area contributed by atoms with Crippen LogP contribution in [0.5, 0.6) is 0 Å². The van der Waals surface area contributed by atoms with E-state index >= 15 is 0 Å². The number of fused-ring (bicyclic) bond motifs is 1. The predicted molar refractivity (Wildman–Crippen MR) is 262 cm³/mol. The smallest absolute Gasteiger partial charge is 0.220 e. The van der Waals surface area contributed by atoms with Gasteiger partial charge in [-0.1, -0.05) is 166 Å². The lowest BCUT2D eigenvalue weighted by atomic mass is 9.76. The Morgan fingerprint density at radius 3 is 1.25 bits per heavy atom. The van der Waals surface area contributed by atoms with E-state index in [4.69, 9.17) is 0 Å². The molecule has 0 spiro atoms. The molecule has 4 saturated heterocycles. The van der Waals surface area contributed by atoms with Crippen molar-refractivity contribution in [2.75, 3.05) is 31.5 Å². The van der Waals surface area contributed by atoms with E-state index in [1.807, 2.05) is 0 Å². The third-order valence-electron chi connectivity index (χ3n) is 11.9. The zero-order chi connectivity index (χ0) is 39.4. The van der Waals surface area contributed by atoms with Gasteiger partial charge in [0.2, 0.25) is 5.91 Å². The molecule has 1 amide bonds. The van der Waals surface area contributed by atoms with Gasteiger partial charge in [0.25, 0.3) is 0 Å². The van der Waals surface area contributed by atoms with Gasteiger partial charge in [-0.25, -0.2) is 0 Å². The normalized spacial score (nSPS) is 23.1. The molecule has 5 heterocycles. The molecule has 342 valence electrons. The van der Waals surface area contributed by atoms with Crippen LogP contribution < -0.4 is 26.6 Å². The van der Waals surface area contributed by atoms with Crippen LogP contribution in [0.1, 0.15) is 204 Å². The quantitative estimate of drug-likeness (QED) is 0.181. The zero-order valence-corrected chi connectivity index (χ0v) is 37.0. The average Bonchev–Trinajstić information content (AvgIpc) is 3.83. The van der Waals surface area contributed by atoms with Gasteiger partial charge < -0.3 is 26.6 Å². The van der Waals surface area contributed by atoms with E-state index in [0.717, 1.165) is 24.4 Å². The molecule has 0 saturated carbocycles. The summed E-state index contributed by atoms with van der Waals surface area (Å²) >= 11 is 0. The van der Waals surface area contributed by atoms with E-state index in [2.05, 4.69) is 155 Å². The van der Waals surface area contributed by atoms with Crippen molar-refractivity contribution >= 4 is 11.6 Å². The van der Waals surface area contributed by atoms with Crippen LogP contribution in [0.15, 0.2) is 24.3 Å². The number of benzene rings is 1. The van der Waals surface area contributed by atoms with Crippen LogP contribution in [0.25, 0.3) is 0 Å². The summed E-state index contributed by atoms with van der Waals surface area (Å²) in [5.41, 5.74) is 4.81. The first-order valence-electron chi connectivity index (χ1n) is 21.2. The fraction of sp³-hybridized carbons (Fsp3) is 0.863. The number of piperidine rings is 2. The van der Waals surface area contributed by atoms with Crippen molar-refractivity contribution in [1.82, 2.24) is 21.3 Å². The van der Waals surface area contributed by atoms with Crippen molar-refractivity contribution in [3.05, 3.63) is 29.8 Å². The van der Waals surface area contributed by atoms with Crippen LogP contribution in [0.3, 0.4) is 0 Å². The summed E-state index contributed by atoms with van der Waals surface area (Å²) in [7, 11) is 0. The van der Waals surface area contributed by atoms with E-state index in [1.165, 1.54) is 88.8 Å². The van der Waals surface area contributed by atoms with Gasteiger partial charge in [-0.15, -0.1) is 0 Å². The Kier molecular flexibility index (Phi) is 29.7. The third-order valence-corrected chi connectivity index (χ3v) is 11.9. The summed E-state index contributed by atoms with van der Waals surface area (Å²) in [6.07, 6.45) is 12.5. The number of carbonyl (C=O) groups excluding carboxylic acids is 1. The highest BCUT2D eigenvalue weighted by Crippen LogP contribution is 2.34. The standard InChI is InChI=1S/C12H17N.2C9H19N.C8H15NO.C8H17N.5CH4/c1-12(2,3)11-8-9-6-4-5-7-10(9)13-11;1-9(2,3)8-4-6-10-7-5-8;1-9(2,3)8-6-4-5-7-10-8;1-8(2,3)6-4-5-7(10)9-6;1-8(2,3)7-5-4-6-9-7;;;;;/h4-7,11,13H,8H2,1-3H3;2*8,10H,4-7H2,1-3H3;6H,4-5H2,1-3H3,(H,9,10);7,9H,4-6H2,1-3H3;5*1H4. The van der Waals surface area contributed by atoms with Crippen molar-refractivity contribution in [3.63, 3.8) is 0 Å². The molecule has 6 heteroatoms. The van der Waals surface area contributed by atoms with Gasteiger partial charge in [-0.2, -0.15) is 0 Å². The van der Waals surface area contributed by atoms with Gasteiger partial charge in [-0.05, 0) is 122 Å². The molecule has 0 bridgehead atoms. The molecule has 1 aromatic carbocycles. The Balaban J connectivity index is -0.000000303. The van der Waals surface area contributed by atoms with E-state index in [1.54, 1.807) is 0 Å². The first-order valence-corrected chi connectivity index (χ1v) is 21.2. The SMILES string of the molecule is C.C.C.C.C.CC(C)(C)C1CCC(=O)N1.CC(C)(C)C1CCCCN1.CC(C)(C)C1CCCN1.CC(C)(C)C1CCNCC1.CC(C)(C)C1Cc2ccccc2N1. The summed E-state index contributed by atoms with van der Waals surface area (Å²) in [6.45, 7) is 39.1. The molecule has 5 aliphatic rings. The third kappa shape index (κ3) is 23.7. The van der Waals surface area contributed by atoms with Gasteiger partial charge in [0, 0.05) is 36.3 Å². The Hall–Kier alpha value is -1.63. The summed E-state index contributed by atoms with van der Waals surface area (Å²) in [5, 5.41) is 17.0. The number of hydrogen-bond acceptors (Lipinski definition) is 5. The number of anilines is 1. The first kappa shape index (κ1) is 62.0. The second-order valence-electron chi connectivity index (χ2n) is 21.7. The van der Waals surface area contributed by atoms with Crippen LogP contribution in [0, 0.1) is 33.0 Å². The Morgan fingerprint density at radius 1 is 0.474 bits per heavy atom. The van der Waals surface area contributed by atoms with Crippen LogP contribution in [0.4, 0.5) is 5.69 Å². The highest BCUT2D eigenvalue weighted by Gasteiger charge is 2.32. The number of hydrogen-bond donors (Lipinski definition) is 5. The van der Waals surface area contributed by atoms with Crippen molar-refractivity contribution in [3.8, 4) is 0 Å². The minimum atomic E-state index is 0. The molecule has 0 aromatic heterocycles. The number of nitrogens with one attached hydrogen (secondary N) is 5. The number of carbonyl (C=O) groups is 1. The molecule has 4 atom stereocenters. The Labute approximate surface area is 360 Å². The zero-order valence-electron chi connectivity index (χ0n) is 37.0. The minimum absolute atomic E-state index is 0. The van der Waals surface area contributed by atoms with Crippen LogP contribution in [0.2, 0.25) is 0 Å². The molecule has 1 aromatic rings.